The molecule has 0 amide bonds. The van der Waals surface area contributed by atoms with Crippen LogP contribution in [0.2, 0.25) is 0 Å². The number of nitrogens with zero attached hydrogens (tertiary/aromatic N) is 6. The number of thiophene rings is 1. The van der Waals surface area contributed by atoms with Crippen molar-refractivity contribution in [3.05, 3.63) is 58.5 Å². The van der Waals surface area contributed by atoms with Crippen LogP contribution < -0.4 is 4.90 Å². The van der Waals surface area contributed by atoms with Gasteiger partial charge in [-0.25, -0.2) is 4.68 Å². The Balaban J connectivity index is 1.54. The van der Waals surface area contributed by atoms with Gasteiger partial charge in [0.2, 0.25) is 0 Å². The van der Waals surface area contributed by atoms with Gasteiger partial charge >= 0.3 is 0 Å². The molecule has 4 rings (SSSR count). The Kier molecular flexibility index (Phi) is 5.76. The van der Waals surface area contributed by atoms with E-state index in [1.165, 1.54) is 10.6 Å². The van der Waals surface area contributed by atoms with Crippen molar-refractivity contribution >= 4 is 17.0 Å². The third-order valence-corrected chi connectivity index (χ3v) is 5.85. The zero-order valence-electron chi connectivity index (χ0n) is 15.4. The molecule has 1 aliphatic heterocycles. The lowest BCUT2D eigenvalue weighted by molar-refractivity contribution is 0.172. The van der Waals surface area contributed by atoms with Crippen LogP contribution in [-0.2, 0) is 11.3 Å². The molecule has 1 fully saturated rings. The summed E-state index contributed by atoms with van der Waals surface area (Å²) in [6.45, 7) is 5.17. The van der Waals surface area contributed by atoms with Crippen LogP contribution in [0.15, 0.2) is 47.8 Å². The van der Waals surface area contributed by atoms with E-state index in [1.807, 2.05) is 4.68 Å². The first kappa shape index (κ1) is 18.1. The molecule has 2 aromatic heterocycles. The molecule has 8 heteroatoms. The first-order valence-electron chi connectivity index (χ1n) is 9.19. The van der Waals surface area contributed by atoms with E-state index in [0.29, 0.717) is 13.2 Å². The summed E-state index contributed by atoms with van der Waals surface area (Å²) in [6, 6.07) is 15.0. The molecule has 142 valence electrons. The Morgan fingerprint density at radius 1 is 1.07 bits per heavy atom. The molecule has 1 atom stereocenters. The standard InChI is InChI=1S/C19H24N6OS/c1-26-14-13-25-19(20-21-22-25)18(17-8-5-15-27-17)24-11-9-23(10-12-24)16-6-3-2-4-7-16/h2-8,15,18H,9-14H2,1H3/t18-/m1/s1. The zero-order chi connectivity index (χ0) is 18.5. The minimum atomic E-state index is 0.0785. The predicted octanol–water partition coefficient (Wildman–Crippen LogP) is 2.29. The second kappa shape index (κ2) is 8.60. The number of para-hydroxylation sites is 1. The summed E-state index contributed by atoms with van der Waals surface area (Å²) in [4.78, 5) is 6.20. The van der Waals surface area contributed by atoms with E-state index in [9.17, 15) is 0 Å². The van der Waals surface area contributed by atoms with Gasteiger partial charge < -0.3 is 9.64 Å². The number of ether oxygens (including phenoxy) is 1. The second-order valence-corrected chi connectivity index (χ2v) is 7.51. The van der Waals surface area contributed by atoms with Crippen LogP contribution in [0.4, 0.5) is 5.69 Å². The summed E-state index contributed by atoms with van der Waals surface area (Å²) in [5.41, 5.74) is 1.29. The average molecular weight is 385 g/mol. The number of anilines is 1. The number of piperazine rings is 1. The van der Waals surface area contributed by atoms with Crippen LogP contribution in [0.25, 0.3) is 0 Å². The Labute approximate surface area is 163 Å². The summed E-state index contributed by atoms with van der Waals surface area (Å²) in [5.74, 6) is 0.891. The van der Waals surface area contributed by atoms with E-state index in [1.54, 1.807) is 18.4 Å². The summed E-state index contributed by atoms with van der Waals surface area (Å²) >= 11 is 1.76. The number of benzene rings is 1. The number of methoxy groups -OCH3 is 1. The molecule has 0 unspecified atom stereocenters. The van der Waals surface area contributed by atoms with Crippen LogP contribution in [0, 0.1) is 0 Å². The molecule has 1 aliphatic rings. The molecule has 0 saturated carbocycles. The SMILES string of the molecule is COCCn1nnnc1[C@@H](c1cccs1)N1CCN(c2ccccc2)CC1. The van der Waals surface area contributed by atoms with Gasteiger partial charge in [0.05, 0.1) is 13.2 Å². The number of rotatable bonds is 7. The zero-order valence-corrected chi connectivity index (χ0v) is 16.3. The maximum atomic E-state index is 5.22. The smallest absolute Gasteiger partial charge is 0.173 e. The Bertz CT molecular complexity index is 814. The molecular weight excluding hydrogens is 360 g/mol. The average Bonchev–Trinajstić information content (AvgIpc) is 3.41. The summed E-state index contributed by atoms with van der Waals surface area (Å²) in [7, 11) is 1.70. The largest absolute Gasteiger partial charge is 0.383 e. The van der Waals surface area contributed by atoms with Crippen molar-refractivity contribution in [2.75, 3.05) is 44.8 Å². The van der Waals surface area contributed by atoms with Gasteiger partial charge in [-0.2, -0.15) is 0 Å². The van der Waals surface area contributed by atoms with E-state index < -0.39 is 0 Å². The van der Waals surface area contributed by atoms with Gasteiger partial charge in [-0.3, -0.25) is 4.90 Å². The van der Waals surface area contributed by atoms with Crippen molar-refractivity contribution in [3.8, 4) is 0 Å². The minimum Gasteiger partial charge on any atom is -0.383 e. The maximum absolute atomic E-state index is 5.22. The van der Waals surface area contributed by atoms with Gasteiger partial charge in [-0.1, -0.05) is 24.3 Å². The molecule has 1 aromatic carbocycles. The van der Waals surface area contributed by atoms with Crippen molar-refractivity contribution in [2.24, 2.45) is 0 Å². The molecule has 0 bridgehead atoms. The van der Waals surface area contributed by atoms with Crippen LogP contribution in [0.5, 0.6) is 0 Å². The van der Waals surface area contributed by atoms with Gasteiger partial charge in [0, 0.05) is 43.9 Å². The van der Waals surface area contributed by atoms with Crippen molar-refractivity contribution in [1.29, 1.82) is 0 Å². The molecule has 1 saturated heterocycles. The fourth-order valence-corrected chi connectivity index (χ4v) is 4.39. The highest BCUT2D eigenvalue weighted by molar-refractivity contribution is 7.10. The molecular formula is C19H24N6OS. The number of hydrogen-bond acceptors (Lipinski definition) is 7. The highest BCUT2D eigenvalue weighted by atomic mass is 32.1. The van der Waals surface area contributed by atoms with Gasteiger partial charge in [-0.05, 0) is 34.0 Å². The summed E-state index contributed by atoms with van der Waals surface area (Å²) < 4.78 is 7.09. The molecule has 3 aromatic rings. The third-order valence-electron chi connectivity index (χ3n) is 4.92. The van der Waals surface area contributed by atoms with Crippen molar-refractivity contribution < 1.29 is 4.74 Å². The normalized spacial score (nSPS) is 16.6. The molecule has 0 spiro atoms. The number of hydrogen-bond donors (Lipinski definition) is 0. The highest BCUT2D eigenvalue weighted by Gasteiger charge is 2.31. The number of aromatic nitrogens is 4. The van der Waals surface area contributed by atoms with Crippen LogP contribution in [0.3, 0.4) is 0 Å². The summed E-state index contributed by atoms with van der Waals surface area (Å²) in [6.07, 6.45) is 0. The minimum absolute atomic E-state index is 0.0785. The Morgan fingerprint density at radius 3 is 2.59 bits per heavy atom. The van der Waals surface area contributed by atoms with E-state index in [4.69, 9.17) is 4.74 Å². The molecule has 27 heavy (non-hydrogen) atoms. The molecule has 7 nitrogen and oxygen atoms in total. The van der Waals surface area contributed by atoms with E-state index >= 15 is 0 Å². The predicted molar refractivity (Wildman–Crippen MR) is 106 cm³/mol. The quantitative estimate of drug-likeness (QED) is 0.623. The topological polar surface area (TPSA) is 59.3 Å². The van der Waals surface area contributed by atoms with Crippen LogP contribution >= 0.6 is 11.3 Å². The van der Waals surface area contributed by atoms with Gasteiger partial charge in [0.1, 0.15) is 6.04 Å². The van der Waals surface area contributed by atoms with E-state index in [-0.39, 0.29) is 6.04 Å². The Hall–Kier alpha value is -2.29. The van der Waals surface area contributed by atoms with Crippen LogP contribution in [0.1, 0.15) is 16.7 Å². The lowest BCUT2D eigenvalue weighted by Crippen LogP contribution is -2.48. The molecule has 3 heterocycles. The van der Waals surface area contributed by atoms with E-state index in [0.717, 1.165) is 32.0 Å². The summed E-state index contributed by atoms with van der Waals surface area (Å²) in [5, 5.41) is 14.6. The molecule has 0 aliphatic carbocycles. The maximum Gasteiger partial charge on any atom is 0.173 e. The highest BCUT2D eigenvalue weighted by Crippen LogP contribution is 2.31. The molecule has 0 radical (unpaired) electrons. The van der Waals surface area contributed by atoms with Crippen molar-refractivity contribution in [2.45, 2.75) is 12.6 Å². The lowest BCUT2D eigenvalue weighted by Gasteiger charge is -2.39. The van der Waals surface area contributed by atoms with Gasteiger partial charge in [-0.15, -0.1) is 16.4 Å². The van der Waals surface area contributed by atoms with Crippen molar-refractivity contribution in [3.63, 3.8) is 0 Å². The van der Waals surface area contributed by atoms with Gasteiger partial charge in [0.15, 0.2) is 5.82 Å². The second-order valence-electron chi connectivity index (χ2n) is 6.53. The lowest BCUT2D eigenvalue weighted by atomic mass is 10.1. The first-order valence-corrected chi connectivity index (χ1v) is 10.1. The fraction of sp³-hybridized carbons (Fsp3) is 0.421. The monoisotopic (exact) mass is 384 g/mol. The van der Waals surface area contributed by atoms with Gasteiger partial charge in [0.25, 0.3) is 0 Å². The third kappa shape index (κ3) is 4.02. The van der Waals surface area contributed by atoms with Crippen molar-refractivity contribution in [1.82, 2.24) is 25.1 Å². The van der Waals surface area contributed by atoms with Crippen LogP contribution in [-0.4, -0.2) is 65.0 Å². The van der Waals surface area contributed by atoms with E-state index in [2.05, 4.69) is 73.2 Å². The fourth-order valence-electron chi connectivity index (χ4n) is 3.54. The first-order chi connectivity index (χ1) is 13.4. The Morgan fingerprint density at radius 2 is 1.89 bits per heavy atom. The number of tetrazole rings is 1. The molecule has 0 N–H and O–H groups in total.